The van der Waals surface area contributed by atoms with Crippen LogP contribution in [0.1, 0.15) is 55.3 Å². The van der Waals surface area contributed by atoms with Crippen LogP contribution < -0.4 is 5.32 Å². The fraction of sp³-hybridized carbons (Fsp3) is 0.500. The van der Waals surface area contributed by atoms with E-state index in [2.05, 4.69) is 20.4 Å². The number of nitrogens with one attached hydrogen (secondary N) is 2. The van der Waals surface area contributed by atoms with Gasteiger partial charge in [0.2, 0.25) is 15.9 Å². The van der Waals surface area contributed by atoms with Crippen LogP contribution in [0.5, 0.6) is 0 Å². The lowest BCUT2D eigenvalue weighted by Crippen LogP contribution is -2.43. The van der Waals surface area contributed by atoms with E-state index in [9.17, 15) is 13.2 Å². The van der Waals surface area contributed by atoms with Crippen LogP contribution >= 0.6 is 0 Å². The van der Waals surface area contributed by atoms with Crippen molar-refractivity contribution in [2.75, 3.05) is 18.4 Å². The zero-order valence-corrected chi connectivity index (χ0v) is 19.0. The second-order valence-electron chi connectivity index (χ2n) is 8.83. The topological polar surface area (TPSA) is 121 Å². The maximum Gasteiger partial charge on any atom is 0.248 e. The molecule has 1 unspecified atom stereocenters. The van der Waals surface area contributed by atoms with Gasteiger partial charge in [-0.25, -0.2) is 13.4 Å². The number of hydrogen-bond donors (Lipinski definition) is 2. The Hall–Kier alpha value is -2.72. The average molecular weight is 458 g/mol. The van der Waals surface area contributed by atoms with Crippen LogP contribution in [0.2, 0.25) is 0 Å². The van der Waals surface area contributed by atoms with Gasteiger partial charge in [0.25, 0.3) is 0 Å². The van der Waals surface area contributed by atoms with Gasteiger partial charge in [-0.15, -0.1) is 0 Å². The molecule has 2 aliphatic rings. The average Bonchev–Trinajstić information content (AvgIpc) is 3.29. The highest BCUT2D eigenvalue weighted by Crippen LogP contribution is 2.36. The minimum absolute atomic E-state index is 0.102. The third kappa shape index (κ3) is 3.71. The van der Waals surface area contributed by atoms with Crippen molar-refractivity contribution in [1.29, 1.82) is 0 Å². The van der Waals surface area contributed by atoms with Crippen LogP contribution in [-0.4, -0.2) is 46.8 Å². The number of nitrogens with zero attached hydrogens (tertiary/aromatic N) is 3. The van der Waals surface area contributed by atoms with Gasteiger partial charge in [0, 0.05) is 24.7 Å². The molecule has 2 fully saturated rings. The van der Waals surface area contributed by atoms with Gasteiger partial charge in [-0.05, 0) is 57.7 Å². The van der Waals surface area contributed by atoms with E-state index >= 15 is 0 Å². The van der Waals surface area contributed by atoms with Crippen LogP contribution in [-0.2, 0) is 14.8 Å². The summed E-state index contributed by atoms with van der Waals surface area (Å²) in [6, 6.07) is 5.63. The molecule has 0 bridgehead atoms. The van der Waals surface area contributed by atoms with Gasteiger partial charge in [0.1, 0.15) is 16.4 Å². The number of hydrogen-bond acceptors (Lipinski definition) is 6. The third-order valence-corrected chi connectivity index (χ3v) is 8.69. The van der Waals surface area contributed by atoms with Gasteiger partial charge < -0.3 is 14.8 Å². The van der Waals surface area contributed by atoms with Crippen LogP contribution in [0.15, 0.2) is 27.6 Å². The van der Waals surface area contributed by atoms with Crippen molar-refractivity contribution in [1.82, 2.24) is 19.4 Å². The molecule has 1 saturated heterocycles. The molecule has 2 N–H and O–H groups in total. The largest absolute Gasteiger partial charge is 0.360 e. The number of amides is 1. The third-order valence-electron chi connectivity index (χ3n) is 6.58. The predicted molar refractivity (Wildman–Crippen MR) is 119 cm³/mol. The minimum atomic E-state index is -3.77. The Bertz CT molecular complexity index is 1260. The van der Waals surface area contributed by atoms with Crippen molar-refractivity contribution < 1.29 is 17.7 Å². The first-order chi connectivity index (χ1) is 15.3. The van der Waals surface area contributed by atoms with Crippen molar-refractivity contribution >= 4 is 32.7 Å². The maximum absolute atomic E-state index is 13.1. The van der Waals surface area contributed by atoms with E-state index < -0.39 is 15.9 Å². The Labute approximate surface area is 186 Å². The van der Waals surface area contributed by atoms with Crippen molar-refractivity contribution in [3.8, 4) is 0 Å². The fourth-order valence-electron chi connectivity index (χ4n) is 4.57. The lowest BCUT2D eigenvalue weighted by molar-refractivity contribution is -0.120. The summed E-state index contributed by atoms with van der Waals surface area (Å²) in [7, 11) is -3.77. The van der Waals surface area contributed by atoms with Crippen molar-refractivity contribution in [3.63, 3.8) is 0 Å². The van der Waals surface area contributed by atoms with Gasteiger partial charge >= 0.3 is 0 Å². The molecule has 1 aliphatic carbocycles. The number of aryl methyl sites for hydroxylation is 2. The Morgan fingerprint density at radius 2 is 2.03 bits per heavy atom. The molecule has 1 saturated carbocycles. The summed E-state index contributed by atoms with van der Waals surface area (Å²) in [6.07, 6.45) is 4.83. The van der Waals surface area contributed by atoms with Crippen LogP contribution in [0.3, 0.4) is 0 Å². The molecule has 10 heteroatoms. The van der Waals surface area contributed by atoms with Gasteiger partial charge in [0.05, 0.1) is 17.0 Å². The molecule has 1 atom stereocenters. The molecule has 5 rings (SSSR count). The first kappa shape index (κ1) is 21.1. The molecule has 170 valence electrons. The Kier molecular flexibility index (Phi) is 5.29. The maximum atomic E-state index is 13.1. The molecular formula is C22H27N5O4S. The van der Waals surface area contributed by atoms with E-state index in [1.807, 2.05) is 18.2 Å². The fourth-order valence-corrected chi connectivity index (χ4v) is 6.39. The number of piperidine rings is 1. The molecule has 0 spiro atoms. The Morgan fingerprint density at radius 3 is 2.72 bits per heavy atom. The first-order valence-corrected chi connectivity index (χ1v) is 12.5. The zero-order chi connectivity index (χ0) is 22.5. The standard InChI is InChI=1S/C22H27N5O4S/c1-13-20(14(2)31-26-13)32(29,30)27-10-4-7-16(12-27)22(28)23-17-8-9-18-19(11-17)25-21(24-18)15-5-3-6-15/h8-9,11,15-16H,3-7,10,12H2,1-2H3,(H,23,28)(H,24,25). The number of fused-ring (bicyclic) bond motifs is 1. The normalized spacial score (nSPS) is 20.4. The van der Waals surface area contributed by atoms with E-state index in [0.29, 0.717) is 36.7 Å². The molecule has 1 aromatic carbocycles. The van der Waals surface area contributed by atoms with Crippen molar-refractivity contribution in [2.24, 2.45) is 5.92 Å². The van der Waals surface area contributed by atoms with Crippen molar-refractivity contribution in [2.45, 2.75) is 56.8 Å². The lowest BCUT2D eigenvalue weighted by atomic mass is 9.85. The Morgan fingerprint density at radius 1 is 1.22 bits per heavy atom. The summed E-state index contributed by atoms with van der Waals surface area (Å²) in [5.41, 5.74) is 2.80. The summed E-state index contributed by atoms with van der Waals surface area (Å²) in [4.78, 5) is 21.1. The van der Waals surface area contributed by atoms with Gasteiger partial charge in [-0.2, -0.15) is 4.31 Å². The smallest absolute Gasteiger partial charge is 0.248 e. The molecule has 0 radical (unpaired) electrons. The number of carbonyl (C=O) groups is 1. The van der Waals surface area contributed by atoms with E-state index in [1.54, 1.807) is 13.8 Å². The van der Waals surface area contributed by atoms with Gasteiger partial charge in [0.15, 0.2) is 5.76 Å². The number of aromatic amines is 1. The monoisotopic (exact) mass is 457 g/mol. The van der Waals surface area contributed by atoms with Gasteiger partial charge in [-0.3, -0.25) is 4.79 Å². The van der Waals surface area contributed by atoms with E-state index in [4.69, 9.17) is 4.52 Å². The number of rotatable bonds is 5. The van der Waals surface area contributed by atoms with Crippen LogP contribution in [0.25, 0.3) is 11.0 Å². The SMILES string of the molecule is Cc1noc(C)c1S(=O)(=O)N1CCCC(C(=O)Nc2ccc3nc(C4CCC4)[nH]c3c2)C1. The van der Waals surface area contributed by atoms with Crippen LogP contribution in [0.4, 0.5) is 5.69 Å². The number of H-pyrrole nitrogens is 1. The number of aromatic nitrogens is 3. The van der Waals surface area contributed by atoms with E-state index in [0.717, 1.165) is 16.9 Å². The highest BCUT2D eigenvalue weighted by atomic mass is 32.2. The highest BCUT2D eigenvalue weighted by Gasteiger charge is 2.36. The molecule has 3 aromatic rings. The van der Waals surface area contributed by atoms with Gasteiger partial charge in [-0.1, -0.05) is 11.6 Å². The molecular weight excluding hydrogens is 430 g/mol. The number of anilines is 1. The second kappa shape index (κ2) is 8.00. The van der Waals surface area contributed by atoms with E-state index in [1.165, 1.54) is 23.6 Å². The zero-order valence-electron chi connectivity index (χ0n) is 18.2. The summed E-state index contributed by atoms with van der Waals surface area (Å²) in [5, 5.41) is 6.73. The molecule has 9 nitrogen and oxygen atoms in total. The first-order valence-electron chi connectivity index (χ1n) is 11.1. The molecule has 1 amide bonds. The summed E-state index contributed by atoms with van der Waals surface area (Å²) in [5.74, 6) is 1.18. The quantitative estimate of drug-likeness (QED) is 0.605. The lowest BCUT2D eigenvalue weighted by Gasteiger charge is -2.31. The Balaban J connectivity index is 1.30. The molecule has 32 heavy (non-hydrogen) atoms. The molecule has 1 aliphatic heterocycles. The number of carbonyl (C=O) groups excluding carboxylic acids is 1. The summed E-state index contributed by atoms with van der Waals surface area (Å²) in [6.45, 7) is 3.71. The molecule has 3 heterocycles. The number of benzene rings is 1. The predicted octanol–water partition coefficient (Wildman–Crippen LogP) is 3.47. The summed E-state index contributed by atoms with van der Waals surface area (Å²) < 4.78 is 32.7. The second-order valence-corrected chi connectivity index (χ2v) is 10.7. The van der Waals surface area contributed by atoms with E-state index in [-0.39, 0.29) is 23.1 Å². The molecule has 2 aromatic heterocycles. The number of imidazole rings is 1. The summed E-state index contributed by atoms with van der Waals surface area (Å²) >= 11 is 0. The highest BCUT2D eigenvalue weighted by molar-refractivity contribution is 7.89. The number of sulfonamides is 1. The van der Waals surface area contributed by atoms with Crippen LogP contribution in [0, 0.1) is 19.8 Å². The minimum Gasteiger partial charge on any atom is -0.360 e. The van der Waals surface area contributed by atoms with Crippen molar-refractivity contribution in [3.05, 3.63) is 35.5 Å².